The van der Waals surface area contributed by atoms with Crippen LogP contribution in [0.1, 0.15) is 6.92 Å². The van der Waals surface area contributed by atoms with E-state index in [-0.39, 0.29) is 13.2 Å². The van der Waals surface area contributed by atoms with Crippen molar-refractivity contribution in [2.45, 2.75) is 19.0 Å². The zero-order valence-corrected chi connectivity index (χ0v) is 13.6. The van der Waals surface area contributed by atoms with Crippen LogP contribution in [-0.4, -0.2) is 67.9 Å². The predicted octanol–water partition coefficient (Wildman–Crippen LogP) is 0.433. The number of carbonyl (C=O) groups is 3. The molecule has 10 nitrogen and oxygen atoms in total. The SMILES string of the molecule is C=CCON(C(=O)n1ccnc1)[C@@H]1C=C(C)[C@@H](C(N)=O)N(C(=O)O)C1. The number of carboxylic acid groups (broad SMARTS) is 1. The van der Waals surface area contributed by atoms with Gasteiger partial charge in [-0.3, -0.25) is 19.1 Å². The van der Waals surface area contributed by atoms with E-state index >= 15 is 0 Å². The number of aromatic nitrogens is 2. The number of hydrogen-bond acceptors (Lipinski definition) is 5. The molecule has 0 bridgehead atoms. The van der Waals surface area contributed by atoms with Gasteiger partial charge in [0.25, 0.3) is 0 Å². The maximum atomic E-state index is 12.6. The first-order chi connectivity index (χ1) is 11.9. The Kier molecular flexibility index (Phi) is 5.55. The summed E-state index contributed by atoms with van der Waals surface area (Å²) in [5.74, 6) is -0.783. The standard InChI is InChI=1S/C15H19N5O5/c1-3-6-25-20(14(22)18-5-4-17-9-18)11-7-10(2)12(13(16)21)19(8-11)15(23)24/h3-5,7,9,11-12H,1,6,8H2,2H3,(H2,16,21)(H,23,24)/t11-,12+/m1/s1. The van der Waals surface area contributed by atoms with Gasteiger partial charge >= 0.3 is 12.1 Å². The van der Waals surface area contributed by atoms with Crippen molar-refractivity contribution in [3.05, 3.63) is 43.0 Å². The number of imidazole rings is 1. The summed E-state index contributed by atoms with van der Waals surface area (Å²) in [5, 5.41) is 10.4. The van der Waals surface area contributed by atoms with Crippen molar-refractivity contribution in [1.82, 2.24) is 19.5 Å². The van der Waals surface area contributed by atoms with Gasteiger partial charge in [-0.1, -0.05) is 12.2 Å². The molecule has 0 radical (unpaired) electrons. The Labute approximate surface area is 143 Å². The summed E-state index contributed by atoms with van der Waals surface area (Å²) in [6.45, 7) is 4.97. The topological polar surface area (TPSA) is 131 Å². The van der Waals surface area contributed by atoms with Crippen LogP contribution in [0.25, 0.3) is 0 Å². The van der Waals surface area contributed by atoms with Crippen LogP contribution < -0.4 is 5.73 Å². The van der Waals surface area contributed by atoms with E-state index in [0.29, 0.717) is 5.57 Å². The second-order valence-electron chi connectivity index (χ2n) is 5.38. The molecule has 0 aliphatic carbocycles. The Bertz CT molecular complexity index is 699. The zero-order chi connectivity index (χ0) is 18.6. The molecular formula is C15H19N5O5. The average Bonchev–Trinajstić information content (AvgIpc) is 3.08. The van der Waals surface area contributed by atoms with Gasteiger partial charge in [0.1, 0.15) is 12.4 Å². The molecule has 1 aromatic heterocycles. The van der Waals surface area contributed by atoms with E-state index in [1.165, 1.54) is 29.4 Å². The Morgan fingerprint density at radius 3 is 2.80 bits per heavy atom. The normalized spacial score (nSPS) is 19.9. The number of amides is 3. The van der Waals surface area contributed by atoms with E-state index in [2.05, 4.69) is 11.6 Å². The monoisotopic (exact) mass is 349 g/mol. The molecule has 25 heavy (non-hydrogen) atoms. The zero-order valence-electron chi connectivity index (χ0n) is 13.6. The highest BCUT2D eigenvalue weighted by molar-refractivity contribution is 5.87. The first kappa shape index (κ1) is 18.2. The molecule has 0 fully saturated rings. The molecule has 3 amide bonds. The first-order valence-corrected chi connectivity index (χ1v) is 7.39. The first-order valence-electron chi connectivity index (χ1n) is 7.39. The molecule has 2 heterocycles. The van der Waals surface area contributed by atoms with Crippen molar-refractivity contribution in [2.24, 2.45) is 5.73 Å². The van der Waals surface area contributed by atoms with Gasteiger partial charge in [-0.05, 0) is 12.5 Å². The number of nitrogens with zero attached hydrogens (tertiary/aromatic N) is 4. The van der Waals surface area contributed by atoms with Crippen LogP contribution in [0.2, 0.25) is 0 Å². The van der Waals surface area contributed by atoms with Gasteiger partial charge in [0.05, 0.1) is 19.2 Å². The lowest BCUT2D eigenvalue weighted by molar-refractivity contribution is -0.133. The van der Waals surface area contributed by atoms with E-state index in [1.54, 1.807) is 13.0 Å². The van der Waals surface area contributed by atoms with E-state index in [4.69, 9.17) is 10.6 Å². The fourth-order valence-electron chi connectivity index (χ4n) is 2.62. The van der Waals surface area contributed by atoms with Gasteiger partial charge < -0.3 is 10.8 Å². The lowest BCUT2D eigenvalue weighted by Crippen LogP contribution is -2.57. The number of nitrogens with two attached hydrogens (primary N) is 1. The summed E-state index contributed by atoms with van der Waals surface area (Å²) in [6.07, 6.45) is 5.89. The van der Waals surface area contributed by atoms with Gasteiger partial charge in [-0.2, -0.15) is 5.06 Å². The molecule has 2 atom stereocenters. The largest absolute Gasteiger partial charge is 0.465 e. The Morgan fingerprint density at radius 1 is 1.56 bits per heavy atom. The number of carbonyl (C=O) groups excluding carboxylic acids is 2. The summed E-state index contributed by atoms with van der Waals surface area (Å²) < 4.78 is 1.19. The highest BCUT2D eigenvalue weighted by Crippen LogP contribution is 2.22. The summed E-state index contributed by atoms with van der Waals surface area (Å²) >= 11 is 0. The average molecular weight is 349 g/mol. The van der Waals surface area contributed by atoms with E-state index in [0.717, 1.165) is 9.96 Å². The maximum absolute atomic E-state index is 12.6. The highest BCUT2D eigenvalue weighted by Gasteiger charge is 2.38. The molecule has 0 spiro atoms. The number of hydrogen-bond donors (Lipinski definition) is 2. The van der Waals surface area contributed by atoms with Gasteiger partial charge in [0, 0.05) is 12.4 Å². The molecule has 0 saturated carbocycles. The van der Waals surface area contributed by atoms with Crippen LogP contribution in [-0.2, 0) is 9.63 Å². The molecule has 0 saturated heterocycles. The van der Waals surface area contributed by atoms with Crippen molar-refractivity contribution in [3.63, 3.8) is 0 Å². The molecule has 134 valence electrons. The lowest BCUT2D eigenvalue weighted by Gasteiger charge is -2.38. The molecule has 1 aliphatic rings. The van der Waals surface area contributed by atoms with Gasteiger partial charge in [0.15, 0.2) is 0 Å². The molecule has 2 rings (SSSR count). The van der Waals surface area contributed by atoms with Crippen molar-refractivity contribution < 1.29 is 24.3 Å². The van der Waals surface area contributed by atoms with E-state index in [1.807, 2.05) is 0 Å². The maximum Gasteiger partial charge on any atom is 0.408 e. The molecule has 1 aliphatic heterocycles. The summed E-state index contributed by atoms with van der Waals surface area (Å²) in [5.41, 5.74) is 5.72. The van der Waals surface area contributed by atoms with Crippen LogP contribution >= 0.6 is 0 Å². The van der Waals surface area contributed by atoms with Crippen LogP contribution in [0.15, 0.2) is 43.0 Å². The number of primary amides is 1. The highest BCUT2D eigenvalue weighted by atomic mass is 16.7. The molecule has 3 N–H and O–H groups in total. The van der Waals surface area contributed by atoms with E-state index in [9.17, 15) is 19.5 Å². The molecule has 0 aromatic carbocycles. The molecule has 0 unspecified atom stereocenters. The second kappa shape index (κ2) is 7.62. The minimum absolute atomic E-state index is 0.0378. The van der Waals surface area contributed by atoms with Crippen molar-refractivity contribution in [2.75, 3.05) is 13.2 Å². The molecule has 1 aromatic rings. The molecular weight excluding hydrogens is 330 g/mol. The Morgan fingerprint density at radius 2 is 2.28 bits per heavy atom. The van der Waals surface area contributed by atoms with Crippen molar-refractivity contribution in [3.8, 4) is 0 Å². The van der Waals surface area contributed by atoms with Gasteiger partial charge in [-0.25, -0.2) is 14.6 Å². The van der Waals surface area contributed by atoms with Crippen molar-refractivity contribution in [1.29, 1.82) is 0 Å². The lowest BCUT2D eigenvalue weighted by atomic mass is 9.98. The fourth-order valence-corrected chi connectivity index (χ4v) is 2.62. The van der Waals surface area contributed by atoms with Crippen LogP contribution in [0, 0.1) is 0 Å². The quantitative estimate of drug-likeness (QED) is 0.585. The minimum atomic E-state index is -1.32. The smallest absolute Gasteiger partial charge is 0.408 e. The van der Waals surface area contributed by atoms with Crippen LogP contribution in [0.4, 0.5) is 9.59 Å². The van der Waals surface area contributed by atoms with Gasteiger partial charge in [0.2, 0.25) is 5.91 Å². The number of rotatable bonds is 5. The van der Waals surface area contributed by atoms with Crippen molar-refractivity contribution >= 4 is 18.0 Å². The third-order valence-electron chi connectivity index (χ3n) is 3.64. The predicted molar refractivity (Wildman–Crippen MR) is 86.3 cm³/mol. The fraction of sp³-hybridized carbons (Fsp3) is 0.333. The molecule has 10 heteroatoms. The number of hydroxylamine groups is 2. The second-order valence-corrected chi connectivity index (χ2v) is 5.38. The summed E-state index contributed by atoms with van der Waals surface area (Å²) in [7, 11) is 0. The van der Waals surface area contributed by atoms with Gasteiger partial charge in [-0.15, -0.1) is 6.58 Å². The minimum Gasteiger partial charge on any atom is -0.465 e. The summed E-state index contributed by atoms with van der Waals surface area (Å²) in [4.78, 5) is 45.8. The van der Waals surface area contributed by atoms with Crippen LogP contribution in [0.3, 0.4) is 0 Å². The Balaban J connectivity index is 2.36. The van der Waals surface area contributed by atoms with Crippen LogP contribution in [0.5, 0.6) is 0 Å². The Hall–Kier alpha value is -3.14. The summed E-state index contributed by atoms with van der Waals surface area (Å²) in [6, 6.07) is -2.39. The third-order valence-corrected chi connectivity index (χ3v) is 3.64. The third kappa shape index (κ3) is 3.86. The van der Waals surface area contributed by atoms with E-state index < -0.39 is 30.1 Å².